The summed E-state index contributed by atoms with van der Waals surface area (Å²) in [5.74, 6) is -0.768. The lowest BCUT2D eigenvalue weighted by atomic mass is 10.2. The Balaban J connectivity index is 1.74. The van der Waals surface area contributed by atoms with Gasteiger partial charge in [-0.05, 0) is 48.5 Å². The first-order valence-corrected chi connectivity index (χ1v) is 7.31. The summed E-state index contributed by atoms with van der Waals surface area (Å²) in [7, 11) is 0. The molecule has 0 atom stereocenters. The van der Waals surface area contributed by atoms with Gasteiger partial charge in [0, 0.05) is 17.6 Å². The van der Waals surface area contributed by atoms with Crippen LogP contribution in [0.25, 0.3) is 5.69 Å². The number of rotatable bonds is 4. The number of amides is 3. The number of carbonyl (C=O) groups excluding carboxylic acids is 2. The fourth-order valence-corrected chi connectivity index (χ4v) is 2.19. The van der Waals surface area contributed by atoms with E-state index < -0.39 is 11.9 Å². The fraction of sp³-hybridized carbons (Fsp3) is 0. The number of nitrogens with two attached hydrogens (primary N) is 1. The number of nitrogens with one attached hydrogen (secondary N) is 2. The van der Waals surface area contributed by atoms with E-state index >= 15 is 0 Å². The third-order valence-electron chi connectivity index (χ3n) is 3.30. The lowest BCUT2D eigenvalue weighted by Crippen LogP contribution is -2.19. The van der Waals surface area contributed by atoms with Gasteiger partial charge in [-0.15, -0.1) is 0 Å². The Morgan fingerprint density at radius 1 is 1.00 bits per heavy atom. The molecule has 0 spiro atoms. The largest absolute Gasteiger partial charge is 0.351 e. The Bertz CT molecular complexity index is 921. The van der Waals surface area contributed by atoms with Crippen LogP contribution in [0.5, 0.6) is 0 Å². The minimum Gasteiger partial charge on any atom is -0.351 e. The lowest BCUT2D eigenvalue weighted by molar-refractivity contribution is 0.102. The van der Waals surface area contributed by atoms with Gasteiger partial charge >= 0.3 is 6.03 Å². The molecule has 4 N–H and O–H groups in total. The maximum Gasteiger partial charge on any atom is 0.316 e. The molecule has 3 aromatic rings. The minimum absolute atomic E-state index is 0.192. The molecule has 0 aliphatic rings. The summed E-state index contributed by atoms with van der Waals surface area (Å²) in [5.41, 5.74) is 6.82. The van der Waals surface area contributed by atoms with E-state index in [-0.39, 0.29) is 11.5 Å². The van der Waals surface area contributed by atoms with Crippen LogP contribution in [-0.4, -0.2) is 21.7 Å². The van der Waals surface area contributed by atoms with Crippen molar-refractivity contribution in [2.24, 2.45) is 5.73 Å². The molecule has 7 nitrogen and oxygen atoms in total. The Morgan fingerprint density at radius 2 is 1.68 bits per heavy atom. The highest BCUT2D eigenvalue weighted by atomic mass is 19.1. The first kappa shape index (κ1) is 16.2. The fourth-order valence-electron chi connectivity index (χ4n) is 2.19. The molecule has 1 heterocycles. The van der Waals surface area contributed by atoms with E-state index in [2.05, 4.69) is 15.7 Å². The van der Waals surface area contributed by atoms with Gasteiger partial charge in [0.1, 0.15) is 5.82 Å². The second-order valence-electron chi connectivity index (χ2n) is 5.15. The van der Waals surface area contributed by atoms with Crippen molar-refractivity contribution in [3.8, 4) is 5.69 Å². The highest BCUT2D eigenvalue weighted by molar-refractivity contribution is 6.03. The van der Waals surface area contributed by atoms with Crippen molar-refractivity contribution in [1.82, 2.24) is 9.78 Å². The number of nitrogens with zero attached hydrogens (tertiary/aromatic N) is 2. The number of carbonyl (C=O) groups is 2. The van der Waals surface area contributed by atoms with Crippen LogP contribution in [-0.2, 0) is 0 Å². The molecular weight excluding hydrogens is 325 g/mol. The van der Waals surface area contributed by atoms with Crippen LogP contribution < -0.4 is 16.4 Å². The highest BCUT2D eigenvalue weighted by Crippen LogP contribution is 2.16. The SMILES string of the molecule is NC(=O)Nc1cccc(NC(=O)c2ccn(-c3ccc(F)cc3)n2)c1. The second-order valence-corrected chi connectivity index (χ2v) is 5.15. The number of aromatic nitrogens is 2. The highest BCUT2D eigenvalue weighted by Gasteiger charge is 2.11. The molecule has 0 fully saturated rings. The monoisotopic (exact) mass is 339 g/mol. The number of hydrogen-bond donors (Lipinski definition) is 3. The Labute approximate surface area is 142 Å². The summed E-state index contributed by atoms with van der Waals surface area (Å²) in [6, 6.07) is 13.1. The van der Waals surface area contributed by atoms with Crippen molar-refractivity contribution in [3.05, 3.63) is 72.3 Å². The topological polar surface area (TPSA) is 102 Å². The molecule has 0 bridgehead atoms. The summed E-state index contributed by atoms with van der Waals surface area (Å²) in [5, 5.41) is 9.27. The summed E-state index contributed by atoms with van der Waals surface area (Å²) >= 11 is 0. The van der Waals surface area contributed by atoms with E-state index in [4.69, 9.17) is 5.73 Å². The molecule has 0 aliphatic heterocycles. The molecule has 126 valence electrons. The van der Waals surface area contributed by atoms with Crippen molar-refractivity contribution in [2.75, 3.05) is 10.6 Å². The van der Waals surface area contributed by atoms with Gasteiger partial charge in [0.2, 0.25) is 0 Å². The van der Waals surface area contributed by atoms with E-state index in [1.54, 1.807) is 48.7 Å². The van der Waals surface area contributed by atoms with Gasteiger partial charge in [0.05, 0.1) is 5.69 Å². The Morgan fingerprint density at radius 3 is 2.36 bits per heavy atom. The number of halogens is 1. The summed E-state index contributed by atoms with van der Waals surface area (Å²) in [4.78, 5) is 23.2. The predicted octanol–water partition coefficient (Wildman–Crippen LogP) is 2.75. The van der Waals surface area contributed by atoms with Gasteiger partial charge < -0.3 is 16.4 Å². The maximum absolute atomic E-state index is 13.0. The average Bonchev–Trinajstić information content (AvgIpc) is 3.05. The molecule has 0 radical (unpaired) electrons. The van der Waals surface area contributed by atoms with Crippen molar-refractivity contribution in [1.29, 1.82) is 0 Å². The number of primary amides is 1. The van der Waals surface area contributed by atoms with Crippen LogP contribution in [0.4, 0.5) is 20.6 Å². The van der Waals surface area contributed by atoms with Gasteiger partial charge in [0.15, 0.2) is 5.69 Å². The molecule has 0 saturated heterocycles. The van der Waals surface area contributed by atoms with Crippen molar-refractivity contribution >= 4 is 23.3 Å². The van der Waals surface area contributed by atoms with Crippen molar-refractivity contribution in [3.63, 3.8) is 0 Å². The molecule has 8 heteroatoms. The first-order chi connectivity index (χ1) is 12.0. The summed E-state index contributed by atoms with van der Waals surface area (Å²) < 4.78 is 14.4. The maximum atomic E-state index is 13.0. The second kappa shape index (κ2) is 6.83. The smallest absolute Gasteiger partial charge is 0.316 e. The number of benzene rings is 2. The molecule has 0 saturated carbocycles. The Hall–Kier alpha value is -3.68. The van der Waals surface area contributed by atoms with Crippen LogP contribution >= 0.6 is 0 Å². The normalized spacial score (nSPS) is 10.3. The molecule has 0 unspecified atom stereocenters. The van der Waals surface area contributed by atoms with Crippen LogP contribution in [0.15, 0.2) is 60.8 Å². The molecule has 25 heavy (non-hydrogen) atoms. The van der Waals surface area contributed by atoms with E-state index in [1.807, 2.05) is 0 Å². The third-order valence-corrected chi connectivity index (χ3v) is 3.30. The van der Waals surface area contributed by atoms with Gasteiger partial charge in [-0.2, -0.15) is 5.10 Å². The average molecular weight is 339 g/mol. The zero-order chi connectivity index (χ0) is 17.8. The lowest BCUT2D eigenvalue weighted by Gasteiger charge is -2.06. The summed E-state index contributed by atoms with van der Waals surface area (Å²) in [6.45, 7) is 0. The number of urea groups is 1. The van der Waals surface area contributed by atoms with E-state index in [0.717, 1.165) is 0 Å². The zero-order valence-electron chi connectivity index (χ0n) is 12.9. The van der Waals surface area contributed by atoms with Crippen LogP contribution in [0, 0.1) is 5.82 Å². The zero-order valence-corrected chi connectivity index (χ0v) is 12.9. The Kier molecular flexibility index (Phi) is 4.42. The minimum atomic E-state index is -0.693. The third kappa shape index (κ3) is 3.99. The van der Waals surface area contributed by atoms with Gasteiger partial charge in [-0.3, -0.25) is 4.79 Å². The number of anilines is 2. The van der Waals surface area contributed by atoms with Crippen molar-refractivity contribution < 1.29 is 14.0 Å². The van der Waals surface area contributed by atoms with Gasteiger partial charge in [0.25, 0.3) is 5.91 Å². The van der Waals surface area contributed by atoms with Gasteiger partial charge in [-0.25, -0.2) is 13.9 Å². The molecule has 1 aromatic heterocycles. The molecule has 2 aromatic carbocycles. The van der Waals surface area contributed by atoms with Gasteiger partial charge in [-0.1, -0.05) is 6.07 Å². The van der Waals surface area contributed by atoms with Crippen LogP contribution in [0.1, 0.15) is 10.5 Å². The molecule has 0 aliphatic carbocycles. The molecule has 3 rings (SSSR count). The van der Waals surface area contributed by atoms with E-state index in [1.165, 1.54) is 16.8 Å². The standard InChI is InChI=1S/C17H14FN5O2/c18-11-4-6-14(7-5-11)23-9-8-15(22-23)16(24)20-12-2-1-3-13(10-12)21-17(19)25/h1-10H,(H,20,24)(H3,19,21,25). The number of hydrogen-bond acceptors (Lipinski definition) is 3. The van der Waals surface area contributed by atoms with Crippen LogP contribution in [0.3, 0.4) is 0 Å². The van der Waals surface area contributed by atoms with E-state index in [0.29, 0.717) is 17.1 Å². The van der Waals surface area contributed by atoms with E-state index in [9.17, 15) is 14.0 Å². The molecular formula is C17H14FN5O2. The predicted molar refractivity (Wildman–Crippen MR) is 91.1 cm³/mol. The molecule has 3 amide bonds. The quantitative estimate of drug-likeness (QED) is 0.681. The summed E-state index contributed by atoms with van der Waals surface area (Å²) in [6.07, 6.45) is 1.60. The van der Waals surface area contributed by atoms with Crippen LogP contribution in [0.2, 0.25) is 0 Å². The van der Waals surface area contributed by atoms with Crippen molar-refractivity contribution in [2.45, 2.75) is 0 Å². The first-order valence-electron chi connectivity index (χ1n) is 7.31.